The molecular formula is C14H12BrN5O. The van der Waals surface area contributed by atoms with E-state index in [4.69, 9.17) is 10.9 Å². The number of fused-ring (bicyclic) bond motifs is 1. The topological polar surface area (TPSA) is 89.3 Å². The summed E-state index contributed by atoms with van der Waals surface area (Å²) in [6, 6.07) is 11.5. The van der Waals surface area contributed by atoms with Crippen molar-refractivity contribution in [3.05, 3.63) is 52.9 Å². The zero-order valence-corrected chi connectivity index (χ0v) is 12.5. The summed E-state index contributed by atoms with van der Waals surface area (Å²) < 4.78 is 2.74. The molecule has 0 unspecified atom stereocenters. The van der Waals surface area contributed by atoms with Crippen LogP contribution in [0, 0.1) is 0 Å². The third kappa shape index (κ3) is 2.47. The van der Waals surface area contributed by atoms with Gasteiger partial charge in [0.25, 0.3) is 0 Å². The van der Waals surface area contributed by atoms with Crippen LogP contribution in [0.5, 0.6) is 0 Å². The van der Waals surface area contributed by atoms with Gasteiger partial charge in [0.15, 0.2) is 5.82 Å². The minimum Gasteiger partial charge on any atom is -0.409 e. The quantitative estimate of drug-likeness (QED) is 0.330. The van der Waals surface area contributed by atoms with E-state index in [0.29, 0.717) is 11.6 Å². The Morgan fingerprint density at radius 2 is 2.10 bits per heavy atom. The van der Waals surface area contributed by atoms with Gasteiger partial charge in [-0.2, -0.15) is 0 Å². The van der Waals surface area contributed by atoms with E-state index < -0.39 is 0 Å². The minimum absolute atomic E-state index is 0.0959. The number of hydrogen-bond donors (Lipinski definition) is 2. The summed E-state index contributed by atoms with van der Waals surface area (Å²) in [5, 5.41) is 11.8. The van der Waals surface area contributed by atoms with E-state index in [1.54, 1.807) is 6.20 Å². The predicted octanol–water partition coefficient (Wildman–Crippen LogP) is 2.47. The molecule has 7 heteroatoms. The van der Waals surface area contributed by atoms with E-state index in [2.05, 4.69) is 31.1 Å². The van der Waals surface area contributed by atoms with E-state index in [0.717, 1.165) is 15.5 Å². The molecule has 0 atom stereocenters. The summed E-state index contributed by atoms with van der Waals surface area (Å²) in [7, 11) is 0. The molecule has 2 heterocycles. The highest BCUT2D eigenvalue weighted by molar-refractivity contribution is 9.10. The zero-order chi connectivity index (χ0) is 14.8. The second-order valence-electron chi connectivity index (χ2n) is 4.43. The number of hydrogen-bond acceptors (Lipinski definition) is 4. The van der Waals surface area contributed by atoms with Gasteiger partial charge in [-0.3, -0.25) is 4.57 Å². The molecule has 0 aliphatic rings. The van der Waals surface area contributed by atoms with Crippen molar-refractivity contribution in [1.29, 1.82) is 0 Å². The van der Waals surface area contributed by atoms with Crippen molar-refractivity contribution < 1.29 is 5.21 Å². The fourth-order valence-corrected chi connectivity index (χ4v) is 2.60. The van der Waals surface area contributed by atoms with Crippen molar-refractivity contribution in [2.45, 2.75) is 6.42 Å². The standard InChI is InChI=1S/C14H12BrN5O/c15-9-4-3-7-17-14(9)20-11-6-2-1-5-10(11)18-13(20)8-12(16)19-21/h1-7,21H,8H2,(H2,16,19). The number of imidazole rings is 1. The van der Waals surface area contributed by atoms with Gasteiger partial charge in [-0.05, 0) is 40.2 Å². The van der Waals surface area contributed by atoms with Crippen LogP contribution in [0.25, 0.3) is 16.9 Å². The van der Waals surface area contributed by atoms with Crippen LogP contribution in [0.4, 0.5) is 0 Å². The first-order chi connectivity index (χ1) is 10.2. The number of para-hydroxylation sites is 2. The summed E-state index contributed by atoms with van der Waals surface area (Å²) in [4.78, 5) is 8.95. The van der Waals surface area contributed by atoms with Crippen LogP contribution in [0.15, 0.2) is 52.2 Å². The van der Waals surface area contributed by atoms with Gasteiger partial charge in [0, 0.05) is 6.20 Å². The highest BCUT2D eigenvalue weighted by atomic mass is 79.9. The normalized spacial score (nSPS) is 12.0. The maximum absolute atomic E-state index is 8.79. The molecule has 0 fully saturated rings. The van der Waals surface area contributed by atoms with Gasteiger partial charge in [0.05, 0.1) is 21.9 Å². The number of nitrogens with zero attached hydrogens (tertiary/aromatic N) is 4. The molecule has 3 rings (SSSR count). The number of nitrogens with two attached hydrogens (primary N) is 1. The number of amidine groups is 1. The number of pyridine rings is 1. The molecule has 2 aromatic heterocycles. The smallest absolute Gasteiger partial charge is 0.152 e. The van der Waals surface area contributed by atoms with Crippen molar-refractivity contribution in [1.82, 2.24) is 14.5 Å². The van der Waals surface area contributed by atoms with Crippen LogP contribution in [0.3, 0.4) is 0 Å². The third-order valence-corrected chi connectivity index (χ3v) is 3.67. The Balaban J connectivity index is 2.28. The van der Waals surface area contributed by atoms with Gasteiger partial charge >= 0.3 is 0 Å². The Kier molecular flexibility index (Phi) is 3.57. The molecule has 0 aliphatic carbocycles. The van der Waals surface area contributed by atoms with Gasteiger partial charge in [0.2, 0.25) is 0 Å². The Labute approximate surface area is 129 Å². The first-order valence-corrected chi connectivity index (χ1v) is 7.03. The molecule has 0 saturated heterocycles. The number of halogens is 1. The van der Waals surface area contributed by atoms with Crippen LogP contribution in [-0.2, 0) is 6.42 Å². The van der Waals surface area contributed by atoms with Gasteiger partial charge in [-0.25, -0.2) is 9.97 Å². The Hall–Kier alpha value is -2.41. The van der Waals surface area contributed by atoms with E-state index >= 15 is 0 Å². The summed E-state index contributed by atoms with van der Waals surface area (Å²) in [5.74, 6) is 1.47. The second-order valence-corrected chi connectivity index (χ2v) is 5.28. The first-order valence-electron chi connectivity index (χ1n) is 6.24. The molecule has 106 valence electrons. The molecule has 1 aromatic carbocycles. The maximum Gasteiger partial charge on any atom is 0.152 e. The van der Waals surface area contributed by atoms with Gasteiger partial charge in [-0.15, -0.1) is 0 Å². The molecule has 21 heavy (non-hydrogen) atoms. The average molecular weight is 346 g/mol. The van der Waals surface area contributed by atoms with E-state index in [-0.39, 0.29) is 12.3 Å². The number of benzene rings is 1. The third-order valence-electron chi connectivity index (χ3n) is 3.05. The van der Waals surface area contributed by atoms with Crippen molar-refractivity contribution in [3.63, 3.8) is 0 Å². The molecule has 6 nitrogen and oxygen atoms in total. The van der Waals surface area contributed by atoms with Gasteiger partial charge < -0.3 is 10.9 Å². The van der Waals surface area contributed by atoms with Gasteiger partial charge in [-0.1, -0.05) is 17.3 Å². The van der Waals surface area contributed by atoms with E-state index in [1.165, 1.54) is 0 Å². The summed E-state index contributed by atoms with van der Waals surface area (Å²) >= 11 is 3.50. The Bertz CT molecular complexity index is 827. The molecule has 0 saturated carbocycles. The predicted molar refractivity (Wildman–Crippen MR) is 83.7 cm³/mol. The largest absolute Gasteiger partial charge is 0.409 e. The fourth-order valence-electron chi connectivity index (χ4n) is 2.17. The van der Waals surface area contributed by atoms with Crippen molar-refractivity contribution in [2.75, 3.05) is 0 Å². The molecule has 3 aromatic rings. The van der Waals surface area contributed by atoms with Crippen molar-refractivity contribution in [3.8, 4) is 5.82 Å². The van der Waals surface area contributed by atoms with Crippen LogP contribution >= 0.6 is 15.9 Å². The molecule has 0 radical (unpaired) electrons. The van der Waals surface area contributed by atoms with Crippen LogP contribution < -0.4 is 5.73 Å². The Morgan fingerprint density at radius 3 is 2.86 bits per heavy atom. The monoisotopic (exact) mass is 345 g/mol. The summed E-state index contributed by atoms with van der Waals surface area (Å²) in [6.45, 7) is 0. The second kappa shape index (κ2) is 5.53. The van der Waals surface area contributed by atoms with Crippen molar-refractivity contribution in [2.24, 2.45) is 10.9 Å². The van der Waals surface area contributed by atoms with Crippen LogP contribution in [-0.4, -0.2) is 25.6 Å². The molecule has 3 N–H and O–H groups in total. The SMILES string of the molecule is NC(Cc1nc2ccccc2n1-c1ncccc1Br)=NO. The van der Waals surface area contributed by atoms with Crippen LogP contribution in [0.1, 0.15) is 5.82 Å². The lowest BCUT2D eigenvalue weighted by Gasteiger charge is -2.09. The molecule has 0 aliphatic heterocycles. The number of rotatable bonds is 3. The van der Waals surface area contributed by atoms with E-state index in [9.17, 15) is 0 Å². The lowest BCUT2D eigenvalue weighted by atomic mass is 10.3. The molecule has 0 spiro atoms. The number of oxime groups is 1. The van der Waals surface area contributed by atoms with Crippen molar-refractivity contribution >= 4 is 32.8 Å². The minimum atomic E-state index is 0.0959. The molecule has 0 amide bonds. The summed E-state index contributed by atoms with van der Waals surface area (Å²) in [6.07, 6.45) is 1.94. The van der Waals surface area contributed by atoms with E-state index in [1.807, 2.05) is 41.0 Å². The Morgan fingerprint density at radius 1 is 1.29 bits per heavy atom. The average Bonchev–Trinajstić information content (AvgIpc) is 2.85. The maximum atomic E-state index is 8.79. The van der Waals surface area contributed by atoms with Gasteiger partial charge in [0.1, 0.15) is 11.7 Å². The number of aromatic nitrogens is 3. The molecular weight excluding hydrogens is 334 g/mol. The lowest BCUT2D eigenvalue weighted by Crippen LogP contribution is -2.18. The highest BCUT2D eigenvalue weighted by Gasteiger charge is 2.16. The fraction of sp³-hybridized carbons (Fsp3) is 0.0714. The zero-order valence-electron chi connectivity index (χ0n) is 10.9. The molecule has 0 bridgehead atoms. The van der Waals surface area contributed by atoms with Crippen LogP contribution in [0.2, 0.25) is 0 Å². The summed E-state index contributed by atoms with van der Waals surface area (Å²) in [5.41, 5.74) is 7.37. The highest BCUT2D eigenvalue weighted by Crippen LogP contribution is 2.25. The lowest BCUT2D eigenvalue weighted by molar-refractivity contribution is 0.317. The first kappa shape index (κ1) is 13.6.